The smallest absolute Gasteiger partial charge is 0.344 e. The summed E-state index contributed by atoms with van der Waals surface area (Å²) in [5, 5.41) is 4.76. The van der Waals surface area contributed by atoms with Crippen molar-refractivity contribution in [2.45, 2.75) is 0 Å². The Morgan fingerprint density at radius 3 is 1.63 bits per heavy atom. The highest BCUT2D eigenvalue weighted by Crippen LogP contribution is 2.39. The molecule has 0 spiro atoms. The molecule has 8 aromatic carbocycles. The molecule has 0 N–H and O–H groups in total. The molecule has 52 heavy (non-hydrogen) atoms. The summed E-state index contributed by atoms with van der Waals surface area (Å²) in [4.78, 5) is 13.9. The van der Waals surface area contributed by atoms with Crippen LogP contribution < -0.4 is 5.63 Å². The van der Waals surface area contributed by atoms with Crippen molar-refractivity contribution in [3.05, 3.63) is 198 Å². The van der Waals surface area contributed by atoms with Gasteiger partial charge in [-0.15, -0.1) is 0 Å². The van der Waals surface area contributed by atoms with E-state index in [1.165, 1.54) is 16.3 Å². The first-order valence-electron chi connectivity index (χ1n) is 17.5. The lowest BCUT2D eigenvalue weighted by atomic mass is 9.91. The third kappa shape index (κ3) is 4.94. The van der Waals surface area contributed by atoms with Crippen LogP contribution in [0.15, 0.2) is 197 Å². The predicted octanol–water partition coefficient (Wildman–Crippen LogP) is 12.7. The number of nitrogens with zero attached hydrogens (tertiary/aromatic N) is 1. The molecule has 0 aliphatic carbocycles. The quantitative estimate of drug-likeness (QED) is 0.135. The molecule has 0 aliphatic heterocycles. The molecule has 0 saturated carbocycles. The third-order valence-corrected chi connectivity index (χ3v) is 10.2. The Balaban J connectivity index is 1.16. The summed E-state index contributed by atoms with van der Waals surface area (Å²) in [7, 11) is 0. The minimum absolute atomic E-state index is 0.340. The van der Waals surface area contributed by atoms with E-state index in [1.54, 1.807) is 0 Å². The van der Waals surface area contributed by atoms with Crippen LogP contribution in [0.2, 0.25) is 0 Å². The Kier molecular flexibility index (Phi) is 6.97. The zero-order valence-electron chi connectivity index (χ0n) is 28.2. The van der Waals surface area contributed by atoms with Gasteiger partial charge in [0.05, 0.1) is 16.4 Å². The fourth-order valence-electron chi connectivity index (χ4n) is 7.78. The average molecular weight is 666 g/mol. The van der Waals surface area contributed by atoms with Crippen molar-refractivity contribution in [1.29, 1.82) is 0 Å². The van der Waals surface area contributed by atoms with Gasteiger partial charge in [-0.05, 0) is 105 Å². The topological polar surface area (TPSA) is 35.1 Å². The van der Waals surface area contributed by atoms with Crippen molar-refractivity contribution in [3.8, 4) is 50.2 Å². The average Bonchev–Trinajstić information content (AvgIpc) is 3.55. The van der Waals surface area contributed by atoms with Gasteiger partial charge in [-0.1, -0.05) is 127 Å². The number of aromatic nitrogens is 1. The zero-order chi connectivity index (χ0) is 34.6. The Labute approximate surface area is 300 Å². The highest BCUT2D eigenvalue weighted by molar-refractivity contribution is 6.12. The molecule has 3 nitrogen and oxygen atoms in total. The summed E-state index contributed by atoms with van der Waals surface area (Å²) >= 11 is 0. The van der Waals surface area contributed by atoms with Gasteiger partial charge in [-0.3, -0.25) is 0 Å². The highest BCUT2D eigenvalue weighted by Gasteiger charge is 2.17. The highest BCUT2D eigenvalue weighted by atomic mass is 16.4. The summed E-state index contributed by atoms with van der Waals surface area (Å²) < 4.78 is 8.41. The molecule has 10 rings (SSSR count). The van der Waals surface area contributed by atoms with E-state index in [2.05, 4.69) is 144 Å². The molecule has 0 unspecified atom stereocenters. The molecule has 0 fully saturated rings. The van der Waals surface area contributed by atoms with Crippen LogP contribution in [0, 0.1) is 0 Å². The van der Waals surface area contributed by atoms with Gasteiger partial charge >= 0.3 is 5.63 Å². The van der Waals surface area contributed by atoms with E-state index in [4.69, 9.17) is 4.42 Å². The van der Waals surface area contributed by atoms with Crippen molar-refractivity contribution < 1.29 is 4.42 Å². The number of hydrogen-bond donors (Lipinski definition) is 0. The maximum Gasteiger partial charge on any atom is 0.344 e. The van der Waals surface area contributed by atoms with Gasteiger partial charge in [0.15, 0.2) is 0 Å². The normalized spacial score (nSPS) is 11.5. The van der Waals surface area contributed by atoms with Gasteiger partial charge in [-0.25, -0.2) is 4.79 Å². The maximum absolute atomic E-state index is 13.9. The van der Waals surface area contributed by atoms with Crippen LogP contribution in [0.1, 0.15) is 0 Å². The van der Waals surface area contributed by atoms with Gasteiger partial charge in [0.25, 0.3) is 0 Å². The minimum atomic E-state index is -0.340. The first-order valence-corrected chi connectivity index (χ1v) is 17.5. The van der Waals surface area contributed by atoms with E-state index >= 15 is 0 Å². The number of benzene rings is 8. The van der Waals surface area contributed by atoms with Crippen molar-refractivity contribution >= 4 is 43.5 Å². The molecule has 2 heterocycles. The molecule has 0 bridgehead atoms. The molecule has 0 amide bonds. The van der Waals surface area contributed by atoms with Crippen LogP contribution in [-0.4, -0.2) is 4.57 Å². The number of fused-ring (bicyclic) bond motifs is 6. The second kappa shape index (κ2) is 12.1. The monoisotopic (exact) mass is 665 g/mol. The molecule has 0 aliphatic rings. The fraction of sp³-hybridized carbons (Fsp3) is 0. The minimum Gasteiger partial charge on any atom is -0.422 e. The third-order valence-electron chi connectivity index (χ3n) is 10.2. The standard InChI is InChI=1S/C49H31NO2/c51-49-48-40(38-28-36(32-13-4-1-5-14-32)27-37(29-38)33-15-6-2-7-16-33)20-12-21-42(48)44-31-35(24-26-47(44)52-49)34-23-25-46-43(30-34)41-19-10-11-22-45(41)50(46)39-17-8-3-9-18-39/h1-31H. The van der Waals surface area contributed by atoms with E-state index in [-0.39, 0.29) is 5.63 Å². The SMILES string of the molecule is O=c1oc2ccc(-c3ccc4c(c3)c3ccccc3n4-c3ccccc3)cc2c2cccc(-c3cc(-c4ccccc4)cc(-c4ccccc4)c3)c12. The van der Waals surface area contributed by atoms with Gasteiger partial charge in [-0.2, -0.15) is 0 Å². The maximum atomic E-state index is 13.9. The van der Waals surface area contributed by atoms with Crippen molar-refractivity contribution in [1.82, 2.24) is 4.57 Å². The van der Waals surface area contributed by atoms with Crippen LogP contribution >= 0.6 is 0 Å². The number of rotatable bonds is 5. The first kappa shape index (κ1) is 29.9. The molecule has 244 valence electrons. The second-order valence-electron chi connectivity index (χ2n) is 13.3. The number of hydrogen-bond acceptors (Lipinski definition) is 2. The fourth-order valence-corrected chi connectivity index (χ4v) is 7.78. The van der Waals surface area contributed by atoms with E-state index in [9.17, 15) is 4.79 Å². The van der Waals surface area contributed by atoms with Gasteiger partial charge in [0.2, 0.25) is 0 Å². The number of para-hydroxylation sites is 2. The molecular weight excluding hydrogens is 635 g/mol. The van der Waals surface area contributed by atoms with Crippen LogP contribution in [0.4, 0.5) is 0 Å². The van der Waals surface area contributed by atoms with Crippen molar-refractivity contribution in [2.24, 2.45) is 0 Å². The Morgan fingerprint density at radius 2 is 0.923 bits per heavy atom. The first-order chi connectivity index (χ1) is 25.7. The Morgan fingerprint density at radius 1 is 0.365 bits per heavy atom. The zero-order valence-corrected chi connectivity index (χ0v) is 28.2. The van der Waals surface area contributed by atoms with Crippen LogP contribution in [-0.2, 0) is 0 Å². The second-order valence-corrected chi connectivity index (χ2v) is 13.3. The largest absolute Gasteiger partial charge is 0.422 e. The summed E-state index contributed by atoms with van der Waals surface area (Å²) in [5.74, 6) is 0. The van der Waals surface area contributed by atoms with E-state index in [0.29, 0.717) is 11.0 Å². The van der Waals surface area contributed by atoms with Crippen molar-refractivity contribution in [2.75, 3.05) is 0 Å². The predicted molar refractivity (Wildman–Crippen MR) is 216 cm³/mol. The van der Waals surface area contributed by atoms with Crippen LogP contribution in [0.5, 0.6) is 0 Å². The molecule has 0 radical (unpaired) electrons. The molecule has 10 aromatic rings. The van der Waals surface area contributed by atoms with Crippen molar-refractivity contribution in [3.63, 3.8) is 0 Å². The van der Waals surface area contributed by atoms with Gasteiger partial charge < -0.3 is 8.98 Å². The lowest BCUT2D eigenvalue weighted by Gasteiger charge is -2.13. The van der Waals surface area contributed by atoms with E-state index in [1.807, 2.05) is 48.5 Å². The summed E-state index contributed by atoms with van der Waals surface area (Å²) in [6.07, 6.45) is 0. The Hall–Kier alpha value is -6.97. The van der Waals surface area contributed by atoms with Crippen LogP contribution in [0.3, 0.4) is 0 Å². The summed E-state index contributed by atoms with van der Waals surface area (Å²) in [6, 6.07) is 65.4. The van der Waals surface area contributed by atoms with E-state index < -0.39 is 0 Å². The molecule has 0 atom stereocenters. The molecular formula is C49H31NO2. The van der Waals surface area contributed by atoms with E-state index in [0.717, 1.165) is 66.5 Å². The molecule has 2 aromatic heterocycles. The van der Waals surface area contributed by atoms with Gasteiger partial charge in [0, 0.05) is 27.2 Å². The lowest BCUT2D eigenvalue weighted by molar-refractivity contribution is 0.570. The summed E-state index contributed by atoms with van der Waals surface area (Å²) in [6.45, 7) is 0. The molecule has 3 heteroatoms. The Bertz CT molecular complexity index is 2950. The molecule has 0 saturated heterocycles. The van der Waals surface area contributed by atoms with Crippen LogP contribution in [0.25, 0.3) is 93.7 Å². The van der Waals surface area contributed by atoms with Gasteiger partial charge in [0.1, 0.15) is 5.58 Å². The lowest BCUT2D eigenvalue weighted by Crippen LogP contribution is -2.02. The summed E-state index contributed by atoms with van der Waals surface area (Å²) in [5.41, 5.74) is 12.1.